The number of rotatable bonds is 6. The lowest BCUT2D eigenvalue weighted by Gasteiger charge is -2.09. The molecule has 0 unspecified atom stereocenters. The van der Waals surface area contributed by atoms with E-state index >= 15 is 0 Å². The summed E-state index contributed by atoms with van der Waals surface area (Å²) in [7, 11) is 0. The lowest BCUT2D eigenvalue weighted by atomic mass is 10.2. The molecule has 4 rings (SSSR count). The van der Waals surface area contributed by atoms with Crippen LogP contribution in [0, 0.1) is 0 Å². The van der Waals surface area contributed by atoms with E-state index in [1.54, 1.807) is 42.5 Å². The van der Waals surface area contributed by atoms with Crippen LogP contribution in [0.4, 0.5) is 11.4 Å². The van der Waals surface area contributed by atoms with Crippen LogP contribution in [0.15, 0.2) is 72.8 Å². The van der Waals surface area contributed by atoms with Crippen LogP contribution in [0.25, 0.3) is 11.0 Å². The van der Waals surface area contributed by atoms with E-state index in [1.165, 1.54) is 0 Å². The number of hydrogen-bond acceptors (Lipinski definition) is 6. The van der Waals surface area contributed by atoms with E-state index in [9.17, 15) is 9.59 Å². The highest BCUT2D eigenvalue weighted by Crippen LogP contribution is 2.21. The van der Waals surface area contributed by atoms with Crippen LogP contribution in [-0.4, -0.2) is 27.2 Å². The molecule has 0 aliphatic heterocycles. The largest absolute Gasteiger partial charge is 0.484 e. The average molecular weight is 404 g/mol. The predicted molar refractivity (Wildman–Crippen MR) is 112 cm³/mol. The fourth-order valence-electron chi connectivity index (χ4n) is 2.67. The highest BCUT2D eigenvalue weighted by molar-refractivity contribution is 7.00. The lowest BCUT2D eigenvalue weighted by molar-refractivity contribution is -0.118. The standard InChI is InChI=1S/C21H16N4O3S/c26-19(23-17-7-4-8-18-20(17)25-29-24-18)13-28-16-11-9-15(10-12-16)22-21(27)14-5-2-1-3-6-14/h1-12H,13H2,(H,22,27)(H,23,26). The second-order valence-electron chi connectivity index (χ2n) is 6.12. The second-order valence-corrected chi connectivity index (χ2v) is 6.65. The number of ether oxygens (including phenoxy) is 1. The third kappa shape index (κ3) is 4.56. The van der Waals surface area contributed by atoms with E-state index < -0.39 is 0 Å². The quantitative estimate of drug-likeness (QED) is 0.507. The summed E-state index contributed by atoms with van der Waals surface area (Å²) in [6.07, 6.45) is 0. The number of hydrogen-bond donors (Lipinski definition) is 2. The number of fused-ring (bicyclic) bond motifs is 1. The minimum Gasteiger partial charge on any atom is -0.484 e. The number of amides is 2. The zero-order valence-corrected chi connectivity index (χ0v) is 16.0. The van der Waals surface area contributed by atoms with E-state index in [-0.39, 0.29) is 18.4 Å². The number of anilines is 2. The zero-order chi connectivity index (χ0) is 20.1. The molecule has 29 heavy (non-hydrogen) atoms. The maximum atomic E-state index is 12.2. The molecule has 2 amide bonds. The van der Waals surface area contributed by atoms with Crippen molar-refractivity contribution in [3.05, 3.63) is 78.4 Å². The summed E-state index contributed by atoms with van der Waals surface area (Å²) in [4.78, 5) is 24.3. The molecule has 1 heterocycles. The Labute approximate surface area is 170 Å². The van der Waals surface area contributed by atoms with E-state index in [4.69, 9.17) is 4.74 Å². The van der Waals surface area contributed by atoms with Crippen LogP contribution in [-0.2, 0) is 4.79 Å². The van der Waals surface area contributed by atoms with E-state index in [0.29, 0.717) is 28.2 Å². The summed E-state index contributed by atoms with van der Waals surface area (Å²) in [5.74, 6) is 0.0303. The van der Waals surface area contributed by atoms with Gasteiger partial charge in [0.05, 0.1) is 17.4 Å². The van der Waals surface area contributed by atoms with Crippen LogP contribution in [0.5, 0.6) is 5.75 Å². The van der Waals surface area contributed by atoms with Crippen molar-refractivity contribution in [2.24, 2.45) is 0 Å². The van der Waals surface area contributed by atoms with Crippen molar-refractivity contribution in [1.82, 2.24) is 8.75 Å². The van der Waals surface area contributed by atoms with Gasteiger partial charge in [-0.05, 0) is 48.5 Å². The van der Waals surface area contributed by atoms with Crippen molar-refractivity contribution in [1.29, 1.82) is 0 Å². The van der Waals surface area contributed by atoms with Crippen molar-refractivity contribution in [3.63, 3.8) is 0 Å². The Balaban J connectivity index is 1.31. The Kier molecular flexibility index (Phi) is 5.44. The molecule has 0 spiro atoms. The van der Waals surface area contributed by atoms with Crippen molar-refractivity contribution in [3.8, 4) is 5.75 Å². The summed E-state index contributed by atoms with van der Waals surface area (Å²) < 4.78 is 13.9. The first kappa shape index (κ1) is 18.6. The smallest absolute Gasteiger partial charge is 0.262 e. The van der Waals surface area contributed by atoms with Gasteiger partial charge in [0.25, 0.3) is 11.8 Å². The maximum absolute atomic E-state index is 12.2. The molecular formula is C21H16N4O3S. The first-order chi connectivity index (χ1) is 14.2. The average Bonchev–Trinajstić information content (AvgIpc) is 3.24. The van der Waals surface area contributed by atoms with Crippen LogP contribution in [0.3, 0.4) is 0 Å². The highest BCUT2D eigenvalue weighted by Gasteiger charge is 2.10. The Hall–Kier alpha value is -3.78. The third-order valence-electron chi connectivity index (χ3n) is 4.08. The number of carbonyl (C=O) groups excluding carboxylic acids is 2. The third-order valence-corrected chi connectivity index (χ3v) is 4.62. The Morgan fingerprint density at radius 2 is 1.66 bits per heavy atom. The highest BCUT2D eigenvalue weighted by atomic mass is 32.1. The molecule has 3 aromatic carbocycles. The van der Waals surface area contributed by atoms with Crippen LogP contribution in [0.2, 0.25) is 0 Å². The van der Waals surface area contributed by atoms with Crippen LogP contribution < -0.4 is 15.4 Å². The molecule has 0 atom stereocenters. The molecule has 0 fully saturated rings. The molecule has 1 aromatic heterocycles. The van der Waals surface area contributed by atoms with E-state index in [1.807, 2.05) is 30.3 Å². The van der Waals surface area contributed by atoms with E-state index in [2.05, 4.69) is 19.4 Å². The molecule has 8 heteroatoms. The van der Waals surface area contributed by atoms with Gasteiger partial charge in [-0.15, -0.1) is 0 Å². The maximum Gasteiger partial charge on any atom is 0.262 e. The SMILES string of the molecule is O=C(COc1ccc(NC(=O)c2ccccc2)cc1)Nc1cccc2nsnc12. The fraction of sp³-hybridized carbons (Fsp3) is 0.0476. The number of aromatic nitrogens is 2. The minimum absolute atomic E-state index is 0.149. The van der Waals surface area contributed by atoms with Gasteiger partial charge in [-0.25, -0.2) is 0 Å². The normalized spacial score (nSPS) is 10.5. The van der Waals surface area contributed by atoms with Gasteiger partial charge in [-0.2, -0.15) is 8.75 Å². The van der Waals surface area contributed by atoms with Crippen LogP contribution >= 0.6 is 11.7 Å². The van der Waals surface area contributed by atoms with Gasteiger partial charge in [0, 0.05) is 11.3 Å². The van der Waals surface area contributed by atoms with Crippen molar-refractivity contribution in [2.45, 2.75) is 0 Å². The summed E-state index contributed by atoms with van der Waals surface area (Å²) in [5, 5.41) is 5.59. The molecule has 4 aromatic rings. The van der Waals surface area contributed by atoms with E-state index in [0.717, 1.165) is 17.2 Å². The number of nitrogens with zero attached hydrogens (tertiary/aromatic N) is 2. The van der Waals surface area contributed by atoms with Crippen molar-refractivity contribution in [2.75, 3.05) is 17.2 Å². The lowest BCUT2D eigenvalue weighted by Crippen LogP contribution is -2.20. The first-order valence-electron chi connectivity index (χ1n) is 8.79. The topological polar surface area (TPSA) is 93.2 Å². The number of nitrogens with one attached hydrogen (secondary N) is 2. The van der Waals surface area contributed by atoms with Gasteiger partial charge in [0.1, 0.15) is 16.8 Å². The second kappa shape index (κ2) is 8.49. The molecule has 2 N–H and O–H groups in total. The van der Waals surface area contributed by atoms with Crippen LogP contribution in [0.1, 0.15) is 10.4 Å². The molecule has 0 bridgehead atoms. The first-order valence-corrected chi connectivity index (χ1v) is 9.52. The number of carbonyl (C=O) groups is 2. The summed E-state index contributed by atoms with van der Waals surface area (Å²) in [6, 6.07) is 21.2. The van der Waals surface area contributed by atoms with Gasteiger partial charge < -0.3 is 15.4 Å². The van der Waals surface area contributed by atoms with Gasteiger partial charge >= 0.3 is 0 Å². The summed E-state index contributed by atoms with van der Waals surface area (Å²) in [5.41, 5.74) is 3.21. The molecule has 144 valence electrons. The van der Waals surface area contributed by atoms with Gasteiger partial charge in [-0.3, -0.25) is 9.59 Å². The number of benzene rings is 3. The zero-order valence-electron chi connectivity index (χ0n) is 15.2. The Morgan fingerprint density at radius 1 is 0.862 bits per heavy atom. The Bertz CT molecular complexity index is 1140. The Morgan fingerprint density at radius 3 is 2.45 bits per heavy atom. The van der Waals surface area contributed by atoms with Crippen molar-refractivity contribution < 1.29 is 14.3 Å². The van der Waals surface area contributed by atoms with Gasteiger partial charge in [0.2, 0.25) is 0 Å². The molecular weight excluding hydrogens is 388 g/mol. The van der Waals surface area contributed by atoms with Gasteiger partial charge in [-0.1, -0.05) is 24.3 Å². The molecule has 7 nitrogen and oxygen atoms in total. The minimum atomic E-state index is -0.299. The predicted octanol–water partition coefficient (Wildman–Crippen LogP) is 3.96. The van der Waals surface area contributed by atoms with Gasteiger partial charge in [0.15, 0.2) is 6.61 Å². The summed E-state index contributed by atoms with van der Waals surface area (Å²) in [6.45, 7) is -0.149. The molecule has 0 saturated carbocycles. The molecule has 0 aliphatic carbocycles. The molecule has 0 saturated heterocycles. The monoisotopic (exact) mass is 404 g/mol. The van der Waals surface area contributed by atoms with Crippen molar-refractivity contribution >= 4 is 46.0 Å². The molecule has 0 radical (unpaired) electrons. The summed E-state index contributed by atoms with van der Waals surface area (Å²) >= 11 is 1.10. The molecule has 0 aliphatic rings. The fourth-order valence-corrected chi connectivity index (χ4v) is 3.22.